The summed E-state index contributed by atoms with van der Waals surface area (Å²) in [4.78, 5) is 2.43. The first-order valence-corrected chi connectivity index (χ1v) is 22.2. The Morgan fingerprint density at radius 1 is 0.338 bits per heavy atom. The Balaban J connectivity index is 1.01. The molecule has 0 fully saturated rings. The number of rotatable bonds is 7. The van der Waals surface area contributed by atoms with E-state index in [0.29, 0.717) is 0 Å². The molecule has 2 aromatic heterocycles. The molecule has 0 aliphatic carbocycles. The third-order valence-electron chi connectivity index (χ3n) is 13.2. The van der Waals surface area contributed by atoms with E-state index in [-0.39, 0.29) is 0 Å². The smallest absolute Gasteiger partial charge is 0.143 e. The fourth-order valence-electron chi connectivity index (χ4n) is 10.2. The molecular weight excluding hydrogens is 789 g/mol. The van der Waals surface area contributed by atoms with Gasteiger partial charge >= 0.3 is 0 Å². The number of furan rings is 1. The Morgan fingerprint density at radius 3 is 1.74 bits per heavy atom. The van der Waals surface area contributed by atoms with Gasteiger partial charge in [-0.05, 0) is 111 Å². The van der Waals surface area contributed by atoms with E-state index in [1.54, 1.807) is 0 Å². The van der Waals surface area contributed by atoms with Gasteiger partial charge in [0.15, 0.2) is 0 Å². The van der Waals surface area contributed by atoms with Crippen molar-refractivity contribution < 1.29 is 4.42 Å². The summed E-state index contributed by atoms with van der Waals surface area (Å²) in [6, 6.07) is 87.7. The fraction of sp³-hybridized carbons (Fsp3) is 0. The van der Waals surface area contributed by atoms with Gasteiger partial charge in [-0.2, -0.15) is 0 Å². The number of para-hydroxylation sites is 2. The standard InChI is InChI=1S/C62H40N2O/c1-2-15-43(16-3-1)55-40-46(50-26-13-19-42-17-4-6-22-49(42)50)34-38-58(55)63(59-29-14-30-60-61(59)54-37-33-44-18-5-7-23-51(44)62(54)65-60)47-35-31-41(32-36-47)45-20-12-21-48(39-45)64-56-27-10-8-24-52(56)53-25-9-11-28-57(53)64/h1-40H. The molecule has 65 heavy (non-hydrogen) atoms. The van der Waals surface area contributed by atoms with E-state index >= 15 is 0 Å². The van der Waals surface area contributed by atoms with Gasteiger partial charge in [-0.1, -0.05) is 176 Å². The number of nitrogens with zero attached hydrogens (tertiary/aromatic N) is 2. The number of aromatic nitrogens is 1. The summed E-state index contributed by atoms with van der Waals surface area (Å²) in [7, 11) is 0. The van der Waals surface area contributed by atoms with Crippen LogP contribution in [0.4, 0.5) is 17.1 Å². The molecule has 13 rings (SSSR count). The SMILES string of the molecule is c1ccc(-c2cc(-c3cccc4ccccc34)ccc2N(c2ccc(-c3cccc(-n4c5ccccc5c5ccccc54)c3)cc2)c2cccc3oc4c5ccccc5ccc4c23)cc1. The highest BCUT2D eigenvalue weighted by Crippen LogP contribution is 2.48. The predicted octanol–water partition coefficient (Wildman–Crippen LogP) is 17.5. The molecule has 0 aliphatic heterocycles. The van der Waals surface area contributed by atoms with Gasteiger partial charge in [0, 0.05) is 38.5 Å². The molecule has 0 N–H and O–H groups in total. The van der Waals surface area contributed by atoms with Gasteiger partial charge in [0.25, 0.3) is 0 Å². The zero-order chi connectivity index (χ0) is 42.8. The molecule has 0 saturated carbocycles. The van der Waals surface area contributed by atoms with Crippen LogP contribution in [0, 0.1) is 0 Å². The van der Waals surface area contributed by atoms with Gasteiger partial charge in [-0.15, -0.1) is 0 Å². The van der Waals surface area contributed by atoms with E-state index in [0.717, 1.165) is 77.7 Å². The minimum atomic E-state index is 0.853. The van der Waals surface area contributed by atoms with Crippen LogP contribution in [0.5, 0.6) is 0 Å². The van der Waals surface area contributed by atoms with Crippen LogP contribution >= 0.6 is 0 Å². The van der Waals surface area contributed by atoms with Crippen LogP contribution in [0.2, 0.25) is 0 Å². The van der Waals surface area contributed by atoms with Crippen LogP contribution in [0.15, 0.2) is 247 Å². The maximum absolute atomic E-state index is 6.80. The topological polar surface area (TPSA) is 21.3 Å². The summed E-state index contributed by atoms with van der Waals surface area (Å²) >= 11 is 0. The molecule has 304 valence electrons. The van der Waals surface area contributed by atoms with Gasteiger partial charge in [0.1, 0.15) is 11.2 Å². The highest BCUT2D eigenvalue weighted by atomic mass is 16.3. The van der Waals surface area contributed by atoms with E-state index in [2.05, 4.69) is 252 Å². The molecule has 0 atom stereocenters. The van der Waals surface area contributed by atoms with Gasteiger partial charge in [-0.25, -0.2) is 0 Å². The molecule has 13 aromatic rings. The van der Waals surface area contributed by atoms with E-state index in [4.69, 9.17) is 4.42 Å². The Kier molecular flexibility index (Phi) is 8.53. The lowest BCUT2D eigenvalue weighted by Gasteiger charge is -2.29. The summed E-state index contributed by atoms with van der Waals surface area (Å²) < 4.78 is 9.19. The molecule has 0 aliphatic rings. The maximum Gasteiger partial charge on any atom is 0.143 e. The van der Waals surface area contributed by atoms with E-state index < -0.39 is 0 Å². The van der Waals surface area contributed by atoms with Gasteiger partial charge < -0.3 is 13.9 Å². The van der Waals surface area contributed by atoms with Crippen molar-refractivity contribution in [1.82, 2.24) is 4.57 Å². The van der Waals surface area contributed by atoms with Crippen molar-refractivity contribution in [2.75, 3.05) is 4.90 Å². The van der Waals surface area contributed by atoms with Crippen molar-refractivity contribution in [3.8, 4) is 39.1 Å². The minimum absolute atomic E-state index is 0.853. The molecule has 11 aromatic carbocycles. The van der Waals surface area contributed by atoms with E-state index in [1.807, 2.05) is 0 Å². The largest absolute Gasteiger partial charge is 0.455 e. The normalized spacial score (nSPS) is 11.7. The fourth-order valence-corrected chi connectivity index (χ4v) is 10.2. The molecular formula is C62H40N2O. The summed E-state index contributed by atoms with van der Waals surface area (Å²) in [5.74, 6) is 0. The molecule has 0 bridgehead atoms. The van der Waals surface area contributed by atoms with E-state index in [1.165, 1.54) is 43.7 Å². The molecule has 0 unspecified atom stereocenters. The van der Waals surface area contributed by atoms with Gasteiger partial charge in [-0.3, -0.25) is 0 Å². The Morgan fingerprint density at radius 2 is 0.954 bits per heavy atom. The van der Waals surface area contributed by atoms with Crippen molar-refractivity contribution >= 4 is 82.4 Å². The number of anilines is 3. The molecule has 0 spiro atoms. The maximum atomic E-state index is 6.80. The summed E-state index contributed by atoms with van der Waals surface area (Å²) in [6.07, 6.45) is 0. The van der Waals surface area contributed by atoms with Crippen LogP contribution in [0.1, 0.15) is 0 Å². The van der Waals surface area contributed by atoms with Crippen LogP contribution in [-0.4, -0.2) is 4.57 Å². The molecule has 0 amide bonds. The number of hydrogen-bond donors (Lipinski definition) is 0. The third-order valence-corrected chi connectivity index (χ3v) is 13.2. The first kappa shape index (κ1) is 36.9. The van der Waals surface area contributed by atoms with Crippen molar-refractivity contribution in [2.24, 2.45) is 0 Å². The van der Waals surface area contributed by atoms with Crippen molar-refractivity contribution in [3.05, 3.63) is 243 Å². The van der Waals surface area contributed by atoms with Crippen LogP contribution < -0.4 is 4.90 Å². The van der Waals surface area contributed by atoms with Crippen LogP contribution in [-0.2, 0) is 0 Å². The highest BCUT2D eigenvalue weighted by Gasteiger charge is 2.24. The first-order valence-electron chi connectivity index (χ1n) is 22.2. The van der Waals surface area contributed by atoms with Crippen molar-refractivity contribution in [3.63, 3.8) is 0 Å². The quantitative estimate of drug-likeness (QED) is 0.160. The Labute approximate surface area is 376 Å². The second kappa shape index (κ2) is 15.0. The third kappa shape index (κ3) is 6.05. The monoisotopic (exact) mass is 828 g/mol. The second-order valence-electron chi connectivity index (χ2n) is 16.8. The predicted molar refractivity (Wildman–Crippen MR) is 274 cm³/mol. The van der Waals surface area contributed by atoms with Crippen molar-refractivity contribution in [1.29, 1.82) is 0 Å². The molecule has 2 heterocycles. The minimum Gasteiger partial charge on any atom is -0.455 e. The molecule has 3 nitrogen and oxygen atoms in total. The summed E-state index contributed by atoms with van der Waals surface area (Å²) in [6.45, 7) is 0. The van der Waals surface area contributed by atoms with Crippen molar-refractivity contribution in [2.45, 2.75) is 0 Å². The highest BCUT2D eigenvalue weighted by molar-refractivity contribution is 6.20. The average Bonchev–Trinajstić information content (AvgIpc) is 3.94. The van der Waals surface area contributed by atoms with Gasteiger partial charge in [0.05, 0.1) is 27.8 Å². The van der Waals surface area contributed by atoms with E-state index in [9.17, 15) is 0 Å². The number of hydrogen-bond acceptors (Lipinski definition) is 2. The number of fused-ring (bicyclic) bond motifs is 9. The van der Waals surface area contributed by atoms with Crippen LogP contribution in [0.3, 0.4) is 0 Å². The second-order valence-corrected chi connectivity index (χ2v) is 16.8. The lowest BCUT2D eigenvalue weighted by molar-refractivity contribution is 0.672. The molecule has 0 saturated heterocycles. The summed E-state index contributed by atoms with van der Waals surface area (Å²) in [5.41, 5.74) is 15.4. The van der Waals surface area contributed by atoms with Crippen LogP contribution in [0.25, 0.3) is 104 Å². The van der Waals surface area contributed by atoms with Gasteiger partial charge in [0.2, 0.25) is 0 Å². The summed E-state index contributed by atoms with van der Waals surface area (Å²) in [5, 5.41) is 9.40. The zero-order valence-electron chi connectivity index (χ0n) is 35.4. The first-order chi connectivity index (χ1) is 32.2. The lowest BCUT2D eigenvalue weighted by Crippen LogP contribution is -2.12. The number of benzene rings is 11. The Hall–Kier alpha value is -8.66. The lowest BCUT2D eigenvalue weighted by atomic mass is 9.93. The molecule has 3 heteroatoms. The Bertz CT molecular complexity index is 3890. The average molecular weight is 829 g/mol. The zero-order valence-corrected chi connectivity index (χ0v) is 35.4. The molecule has 0 radical (unpaired) electrons.